The van der Waals surface area contributed by atoms with E-state index in [4.69, 9.17) is 14.7 Å². The Morgan fingerprint density at radius 2 is 1.65 bits per heavy atom. The number of nitrogens with zero attached hydrogens (tertiary/aromatic N) is 4. The summed E-state index contributed by atoms with van der Waals surface area (Å²) in [6.45, 7) is 3.34. The van der Waals surface area contributed by atoms with Crippen molar-refractivity contribution < 1.29 is 14.9 Å². The molecule has 2 N–H and O–H groups in total. The Morgan fingerprint density at radius 3 is 2.32 bits per heavy atom. The Hall–Kier alpha value is -2.90. The average molecular weight is 421 g/mol. The van der Waals surface area contributed by atoms with Gasteiger partial charge in [0.15, 0.2) is 0 Å². The SMILES string of the molecule is COc1cc2c(N3CCN(c4ccccc4CO)CC3)nc(C3CC3)nc2cc1CO. The summed E-state index contributed by atoms with van der Waals surface area (Å²) in [5.41, 5.74) is 3.67. The van der Waals surface area contributed by atoms with E-state index in [1.54, 1.807) is 7.11 Å². The summed E-state index contributed by atoms with van der Waals surface area (Å²) in [7, 11) is 1.62. The Morgan fingerprint density at radius 1 is 0.935 bits per heavy atom. The van der Waals surface area contributed by atoms with Crippen LogP contribution in [-0.4, -0.2) is 53.5 Å². The van der Waals surface area contributed by atoms with Crippen LogP contribution >= 0.6 is 0 Å². The van der Waals surface area contributed by atoms with Crippen LogP contribution in [0.15, 0.2) is 36.4 Å². The molecular weight excluding hydrogens is 392 g/mol. The van der Waals surface area contributed by atoms with Gasteiger partial charge in [-0.2, -0.15) is 0 Å². The molecule has 0 bridgehead atoms. The second-order valence-electron chi connectivity index (χ2n) is 8.28. The summed E-state index contributed by atoms with van der Waals surface area (Å²) in [5, 5.41) is 20.4. The van der Waals surface area contributed by atoms with Crippen LogP contribution in [-0.2, 0) is 13.2 Å². The molecule has 1 aromatic heterocycles. The monoisotopic (exact) mass is 420 g/mol. The fourth-order valence-electron chi connectivity index (χ4n) is 4.39. The number of ether oxygens (including phenoxy) is 1. The maximum absolute atomic E-state index is 9.74. The average Bonchev–Trinajstić information content (AvgIpc) is 3.68. The smallest absolute Gasteiger partial charge is 0.140 e. The zero-order valence-corrected chi connectivity index (χ0v) is 17.8. The molecular formula is C24H28N4O3. The fourth-order valence-corrected chi connectivity index (χ4v) is 4.39. The van der Waals surface area contributed by atoms with E-state index in [1.165, 1.54) is 0 Å². The van der Waals surface area contributed by atoms with Gasteiger partial charge in [-0.15, -0.1) is 0 Å². The van der Waals surface area contributed by atoms with Gasteiger partial charge >= 0.3 is 0 Å². The molecule has 2 aromatic carbocycles. The summed E-state index contributed by atoms with van der Waals surface area (Å²) in [4.78, 5) is 14.5. The Kier molecular flexibility index (Phi) is 5.38. The second kappa shape index (κ2) is 8.32. The molecule has 5 rings (SSSR count). The van der Waals surface area contributed by atoms with Crippen LogP contribution in [0.3, 0.4) is 0 Å². The number of hydrogen-bond acceptors (Lipinski definition) is 7. The standard InChI is InChI=1S/C24H28N4O3/c1-31-22-13-19-20(12-18(22)15-30)25-23(16-6-7-16)26-24(19)28-10-8-27(9-11-28)21-5-3-2-4-17(21)14-29/h2-5,12-13,16,29-30H,6-11,14-15H2,1H3. The van der Waals surface area contributed by atoms with Crippen molar-refractivity contribution in [3.63, 3.8) is 0 Å². The van der Waals surface area contributed by atoms with Crippen LogP contribution in [0.2, 0.25) is 0 Å². The zero-order valence-electron chi connectivity index (χ0n) is 17.8. The quantitative estimate of drug-likeness (QED) is 0.635. The molecule has 3 aromatic rings. The largest absolute Gasteiger partial charge is 0.496 e. The summed E-state index contributed by atoms with van der Waals surface area (Å²) in [6.07, 6.45) is 2.28. The molecule has 1 aliphatic heterocycles. The molecule has 2 fully saturated rings. The summed E-state index contributed by atoms with van der Waals surface area (Å²) < 4.78 is 5.51. The number of para-hydroxylation sites is 1. The number of aromatic nitrogens is 2. The maximum Gasteiger partial charge on any atom is 0.140 e. The van der Waals surface area contributed by atoms with Gasteiger partial charge in [0.2, 0.25) is 0 Å². The third-order valence-electron chi connectivity index (χ3n) is 6.29. The van der Waals surface area contributed by atoms with E-state index in [1.807, 2.05) is 30.3 Å². The number of aliphatic hydroxyl groups excluding tert-OH is 2. The first-order chi connectivity index (χ1) is 15.2. The maximum atomic E-state index is 9.74. The van der Waals surface area contributed by atoms with Crippen molar-refractivity contribution in [2.75, 3.05) is 43.1 Å². The lowest BCUT2D eigenvalue weighted by Gasteiger charge is -2.38. The van der Waals surface area contributed by atoms with E-state index in [-0.39, 0.29) is 13.2 Å². The van der Waals surface area contributed by atoms with E-state index in [2.05, 4.69) is 15.9 Å². The fraction of sp³-hybridized carbons (Fsp3) is 0.417. The highest BCUT2D eigenvalue weighted by Crippen LogP contribution is 2.41. The van der Waals surface area contributed by atoms with Gasteiger partial charge in [-0.25, -0.2) is 9.97 Å². The van der Waals surface area contributed by atoms with Crippen molar-refractivity contribution in [2.45, 2.75) is 32.0 Å². The summed E-state index contributed by atoms with van der Waals surface area (Å²) in [6, 6.07) is 11.9. The van der Waals surface area contributed by atoms with Gasteiger partial charge in [0.25, 0.3) is 0 Å². The molecule has 0 unspecified atom stereocenters. The molecule has 0 amide bonds. The third kappa shape index (κ3) is 3.79. The second-order valence-corrected chi connectivity index (χ2v) is 8.28. The first-order valence-electron chi connectivity index (χ1n) is 10.9. The molecule has 1 saturated heterocycles. The minimum Gasteiger partial charge on any atom is -0.496 e. The number of methoxy groups -OCH3 is 1. The Labute approximate surface area is 181 Å². The lowest BCUT2D eigenvalue weighted by molar-refractivity contribution is 0.274. The van der Waals surface area contributed by atoms with Gasteiger partial charge < -0.3 is 24.7 Å². The van der Waals surface area contributed by atoms with Crippen molar-refractivity contribution in [3.8, 4) is 5.75 Å². The van der Waals surface area contributed by atoms with E-state index >= 15 is 0 Å². The molecule has 7 nitrogen and oxygen atoms in total. The predicted molar refractivity (Wildman–Crippen MR) is 121 cm³/mol. The van der Waals surface area contributed by atoms with Crippen LogP contribution in [0.25, 0.3) is 10.9 Å². The third-order valence-corrected chi connectivity index (χ3v) is 6.29. The number of aliphatic hydroxyl groups is 2. The molecule has 0 radical (unpaired) electrons. The van der Waals surface area contributed by atoms with Crippen LogP contribution in [0.4, 0.5) is 11.5 Å². The van der Waals surface area contributed by atoms with Gasteiger partial charge in [0, 0.05) is 54.3 Å². The van der Waals surface area contributed by atoms with Crippen LogP contribution < -0.4 is 14.5 Å². The number of hydrogen-bond donors (Lipinski definition) is 2. The molecule has 31 heavy (non-hydrogen) atoms. The van der Waals surface area contributed by atoms with Crippen LogP contribution in [0, 0.1) is 0 Å². The van der Waals surface area contributed by atoms with Crippen molar-refractivity contribution in [1.29, 1.82) is 0 Å². The van der Waals surface area contributed by atoms with E-state index in [0.717, 1.165) is 78.4 Å². The minimum atomic E-state index is -0.0832. The van der Waals surface area contributed by atoms with Gasteiger partial charge in [-0.1, -0.05) is 18.2 Å². The number of anilines is 2. The van der Waals surface area contributed by atoms with Crippen LogP contribution in [0.5, 0.6) is 5.75 Å². The molecule has 2 aliphatic rings. The van der Waals surface area contributed by atoms with Gasteiger partial charge in [-0.3, -0.25) is 0 Å². The summed E-state index contributed by atoms with van der Waals surface area (Å²) >= 11 is 0. The number of benzene rings is 2. The highest BCUT2D eigenvalue weighted by molar-refractivity contribution is 5.91. The van der Waals surface area contributed by atoms with Gasteiger partial charge in [0.05, 0.1) is 25.8 Å². The topological polar surface area (TPSA) is 82.0 Å². The summed E-state index contributed by atoms with van der Waals surface area (Å²) in [5.74, 6) is 2.96. The van der Waals surface area contributed by atoms with Crippen molar-refractivity contribution >= 4 is 22.4 Å². The zero-order chi connectivity index (χ0) is 21.4. The first-order valence-corrected chi connectivity index (χ1v) is 10.9. The van der Waals surface area contributed by atoms with Crippen molar-refractivity contribution in [2.24, 2.45) is 0 Å². The Balaban J connectivity index is 1.48. The minimum absolute atomic E-state index is 0.0463. The van der Waals surface area contributed by atoms with Crippen LogP contribution in [0.1, 0.15) is 35.7 Å². The lowest BCUT2D eigenvalue weighted by atomic mass is 10.1. The van der Waals surface area contributed by atoms with Crippen molar-refractivity contribution in [3.05, 3.63) is 53.3 Å². The molecule has 162 valence electrons. The molecule has 0 spiro atoms. The predicted octanol–water partition coefficient (Wildman–Crippen LogP) is 2.83. The van der Waals surface area contributed by atoms with Crippen molar-refractivity contribution in [1.82, 2.24) is 9.97 Å². The highest BCUT2D eigenvalue weighted by Gasteiger charge is 2.29. The molecule has 7 heteroatoms. The number of piperazine rings is 1. The Bertz CT molecular complexity index is 1090. The molecule has 2 heterocycles. The molecule has 0 atom stereocenters. The van der Waals surface area contributed by atoms with E-state index in [9.17, 15) is 10.2 Å². The van der Waals surface area contributed by atoms with E-state index < -0.39 is 0 Å². The van der Waals surface area contributed by atoms with Gasteiger partial charge in [-0.05, 0) is 31.0 Å². The highest BCUT2D eigenvalue weighted by atomic mass is 16.5. The number of rotatable bonds is 6. The molecule has 1 saturated carbocycles. The molecule has 1 aliphatic carbocycles. The number of fused-ring (bicyclic) bond motifs is 1. The first kappa shape index (κ1) is 20.0. The normalized spacial score (nSPS) is 16.7. The van der Waals surface area contributed by atoms with E-state index in [0.29, 0.717) is 11.7 Å². The lowest BCUT2D eigenvalue weighted by Crippen LogP contribution is -2.47. The van der Waals surface area contributed by atoms with Gasteiger partial charge in [0.1, 0.15) is 17.4 Å².